The molecule has 1 N–H and O–H groups in total. The van der Waals surface area contributed by atoms with E-state index < -0.39 is 0 Å². The van der Waals surface area contributed by atoms with Crippen molar-refractivity contribution in [3.8, 4) is 5.82 Å². The lowest BCUT2D eigenvalue weighted by Crippen LogP contribution is -2.11. The Kier molecular flexibility index (Phi) is 3.60. The van der Waals surface area contributed by atoms with E-state index in [1.807, 2.05) is 31.5 Å². The molecule has 0 amide bonds. The minimum atomic E-state index is 0.766. The first-order valence-corrected chi connectivity index (χ1v) is 6.23. The first kappa shape index (κ1) is 12.5. The van der Waals surface area contributed by atoms with Gasteiger partial charge in [-0.25, -0.2) is 15.0 Å². The highest BCUT2D eigenvalue weighted by molar-refractivity contribution is 5.52. The number of aromatic nitrogens is 4. The Morgan fingerprint density at radius 1 is 1.22 bits per heavy atom. The van der Waals surface area contributed by atoms with E-state index in [1.54, 1.807) is 6.20 Å². The summed E-state index contributed by atoms with van der Waals surface area (Å²) in [4.78, 5) is 13.2. The molecule has 0 aliphatic carbocycles. The van der Waals surface area contributed by atoms with E-state index in [9.17, 15) is 0 Å². The Hall–Kier alpha value is -1.91. The normalized spacial score (nSPS) is 10.7. The molecule has 0 atom stereocenters. The molecule has 5 heteroatoms. The van der Waals surface area contributed by atoms with Crippen LogP contribution in [0, 0.1) is 20.8 Å². The molecule has 0 spiro atoms. The Labute approximate surface area is 107 Å². The van der Waals surface area contributed by atoms with E-state index in [4.69, 9.17) is 0 Å². The van der Waals surface area contributed by atoms with Gasteiger partial charge in [-0.3, -0.25) is 4.57 Å². The maximum atomic E-state index is 4.52. The van der Waals surface area contributed by atoms with Gasteiger partial charge in [0.1, 0.15) is 23.3 Å². The van der Waals surface area contributed by atoms with Gasteiger partial charge in [0.2, 0.25) is 0 Å². The van der Waals surface area contributed by atoms with Gasteiger partial charge in [0.25, 0.3) is 0 Å². The average Bonchev–Trinajstić information content (AvgIpc) is 2.76. The minimum Gasteiger partial charge on any atom is -0.370 e. The molecule has 0 saturated heterocycles. The van der Waals surface area contributed by atoms with Crippen molar-refractivity contribution in [3.63, 3.8) is 0 Å². The van der Waals surface area contributed by atoms with Crippen molar-refractivity contribution in [1.82, 2.24) is 19.5 Å². The number of anilines is 1. The van der Waals surface area contributed by atoms with Gasteiger partial charge in [0, 0.05) is 24.5 Å². The third-order valence-corrected chi connectivity index (χ3v) is 2.83. The van der Waals surface area contributed by atoms with Crippen LogP contribution in [-0.2, 0) is 0 Å². The van der Waals surface area contributed by atoms with E-state index in [2.05, 4.69) is 27.2 Å². The molecule has 2 aromatic heterocycles. The zero-order chi connectivity index (χ0) is 13.1. The highest BCUT2D eigenvalue weighted by Gasteiger charge is 2.11. The van der Waals surface area contributed by atoms with Crippen molar-refractivity contribution in [2.45, 2.75) is 34.1 Å². The fraction of sp³-hybridized carbons (Fsp3) is 0.462. The Bertz CT molecular complexity index is 544. The van der Waals surface area contributed by atoms with E-state index in [-0.39, 0.29) is 0 Å². The molecule has 5 nitrogen and oxygen atoms in total. The molecule has 18 heavy (non-hydrogen) atoms. The van der Waals surface area contributed by atoms with Gasteiger partial charge in [0.05, 0.1) is 0 Å². The number of rotatable bonds is 4. The molecule has 0 aliphatic rings. The van der Waals surface area contributed by atoms with E-state index in [0.717, 1.165) is 41.8 Å². The predicted molar refractivity (Wildman–Crippen MR) is 72.1 cm³/mol. The summed E-state index contributed by atoms with van der Waals surface area (Å²) in [5.41, 5.74) is 1.05. The van der Waals surface area contributed by atoms with Crippen LogP contribution in [0.15, 0.2) is 12.4 Å². The van der Waals surface area contributed by atoms with Crippen molar-refractivity contribution < 1.29 is 0 Å². The second-order valence-electron chi connectivity index (χ2n) is 4.34. The predicted octanol–water partition coefficient (Wildman–Crippen LogP) is 2.41. The largest absolute Gasteiger partial charge is 0.370 e. The van der Waals surface area contributed by atoms with Gasteiger partial charge < -0.3 is 5.32 Å². The summed E-state index contributed by atoms with van der Waals surface area (Å²) in [5, 5.41) is 3.34. The zero-order valence-electron chi connectivity index (χ0n) is 11.4. The van der Waals surface area contributed by atoms with Crippen molar-refractivity contribution in [3.05, 3.63) is 29.6 Å². The van der Waals surface area contributed by atoms with E-state index >= 15 is 0 Å². The van der Waals surface area contributed by atoms with Gasteiger partial charge in [0.15, 0.2) is 0 Å². The average molecular weight is 245 g/mol. The molecule has 96 valence electrons. The standard InChI is InChI=1S/C13H19N5/c1-5-6-15-12-9(2)13(17-10(3)16-12)18-8-7-14-11(18)4/h7-8H,5-6H2,1-4H3,(H,15,16,17). The van der Waals surface area contributed by atoms with Gasteiger partial charge in [-0.05, 0) is 27.2 Å². The number of nitrogens with one attached hydrogen (secondary N) is 1. The van der Waals surface area contributed by atoms with Crippen LogP contribution in [0.3, 0.4) is 0 Å². The second kappa shape index (κ2) is 5.16. The van der Waals surface area contributed by atoms with Crippen LogP contribution in [0.4, 0.5) is 5.82 Å². The molecule has 0 saturated carbocycles. The molecule has 2 rings (SSSR count). The molecule has 2 heterocycles. The fourth-order valence-corrected chi connectivity index (χ4v) is 1.87. The molecule has 0 bridgehead atoms. The maximum Gasteiger partial charge on any atom is 0.146 e. The molecular weight excluding hydrogens is 226 g/mol. The zero-order valence-corrected chi connectivity index (χ0v) is 11.4. The summed E-state index contributed by atoms with van der Waals surface area (Å²) < 4.78 is 1.99. The molecule has 0 fully saturated rings. The van der Waals surface area contributed by atoms with Crippen LogP contribution < -0.4 is 5.32 Å². The Morgan fingerprint density at radius 3 is 2.61 bits per heavy atom. The van der Waals surface area contributed by atoms with Crippen molar-refractivity contribution >= 4 is 5.82 Å². The SMILES string of the molecule is CCCNc1nc(C)nc(-n2ccnc2C)c1C. The highest BCUT2D eigenvalue weighted by atomic mass is 15.2. The lowest BCUT2D eigenvalue weighted by molar-refractivity contribution is 0.877. The van der Waals surface area contributed by atoms with Gasteiger partial charge in [-0.15, -0.1) is 0 Å². The van der Waals surface area contributed by atoms with Crippen LogP contribution in [-0.4, -0.2) is 26.1 Å². The molecule has 0 unspecified atom stereocenters. The number of hydrogen-bond donors (Lipinski definition) is 1. The lowest BCUT2D eigenvalue weighted by Gasteiger charge is -2.13. The smallest absolute Gasteiger partial charge is 0.146 e. The molecule has 0 radical (unpaired) electrons. The number of aryl methyl sites for hydroxylation is 2. The third kappa shape index (κ3) is 2.34. The van der Waals surface area contributed by atoms with Crippen molar-refractivity contribution in [1.29, 1.82) is 0 Å². The Balaban J connectivity index is 2.48. The van der Waals surface area contributed by atoms with Crippen LogP contribution in [0.25, 0.3) is 5.82 Å². The van der Waals surface area contributed by atoms with Crippen LogP contribution >= 0.6 is 0 Å². The first-order chi connectivity index (χ1) is 8.63. The lowest BCUT2D eigenvalue weighted by atomic mass is 10.3. The van der Waals surface area contributed by atoms with Gasteiger partial charge in [-0.2, -0.15) is 0 Å². The number of imidazole rings is 1. The fourth-order valence-electron chi connectivity index (χ4n) is 1.87. The van der Waals surface area contributed by atoms with E-state index in [1.165, 1.54) is 0 Å². The number of hydrogen-bond acceptors (Lipinski definition) is 4. The maximum absolute atomic E-state index is 4.52. The molecule has 0 aliphatic heterocycles. The quantitative estimate of drug-likeness (QED) is 0.898. The topological polar surface area (TPSA) is 55.6 Å². The molecule has 2 aromatic rings. The first-order valence-electron chi connectivity index (χ1n) is 6.23. The van der Waals surface area contributed by atoms with Crippen LogP contribution in [0.1, 0.15) is 30.6 Å². The Morgan fingerprint density at radius 2 is 2.00 bits per heavy atom. The second-order valence-corrected chi connectivity index (χ2v) is 4.34. The highest BCUT2D eigenvalue weighted by Crippen LogP contribution is 2.20. The van der Waals surface area contributed by atoms with E-state index in [0.29, 0.717) is 0 Å². The summed E-state index contributed by atoms with van der Waals surface area (Å²) in [7, 11) is 0. The van der Waals surface area contributed by atoms with Gasteiger partial charge in [-0.1, -0.05) is 6.92 Å². The summed E-state index contributed by atoms with van der Waals surface area (Å²) in [6, 6.07) is 0. The molecule has 0 aromatic carbocycles. The summed E-state index contributed by atoms with van der Waals surface area (Å²) >= 11 is 0. The minimum absolute atomic E-state index is 0.766. The third-order valence-electron chi connectivity index (χ3n) is 2.83. The summed E-state index contributed by atoms with van der Waals surface area (Å²) in [5.74, 6) is 3.50. The van der Waals surface area contributed by atoms with Crippen LogP contribution in [0.5, 0.6) is 0 Å². The monoisotopic (exact) mass is 245 g/mol. The molecular formula is C13H19N5. The summed E-state index contributed by atoms with van der Waals surface area (Å²) in [6.45, 7) is 8.96. The van der Waals surface area contributed by atoms with Crippen LogP contribution in [0.2, 0.25) is 0 Å². The van der Waals surface area contributed by atoms with Crippen molar-refractivity contribution in [2.75, 3.05) is 11.9 Å². The van der Waals surface area contributed by atoms with Crippen molar-refractivity contribution in [2.24, 2.45) is 0 Å². The number of nitrogens with zero attached hydrogens (tertiary/aromatic N) is 4. The van der Waals surface area contributed by atoms with Gasteiger partial charge >= 0.3 is 0 Å². The summed E-state index contributed by atoms with van der Waals surface area (Å²) in [6.07, 6.45) is 4.78.